The van der Waals surface area contributed by atoms with Crippen molar-refractivity contribution in [1.29, 1.82) is 5.26 Å². The summed E-state index contributed by atoms with van der Waals surface area (Å²) in [5.74, 6) is 0. The molecule has 0 heterocycles. The van der Waals surface area contributed by atoms with E-state index in [4.69, 9.17) is 5.26 Å². The van der Waals surface area contributed by atoms with Crippen molar-refractivity contribution in [2.75, 3.05) is 0 Å². The predicted octanol–water partition coefficient (Wildman–Crippen LogP) is -0.0892. The first-order valence-corrected chi connectivity index (χ1v) is 0.894. The second-order valence-corrected chi connectivity index (χ2v) is 0.300. The van der Waals surface area contributed by atoms with Gasteiger partial charge in [-0.25, -0.2) is 0 Å². The van der Waals surface area contributed by atoms with E-state index in [1.54, 1.807) is 0 Å². The molecule has 0 radical (unpaired) electrons. The normalized spacial score (nSPS) is 1.60. The number of thiocyanates is 1. The number of hydrogen-bond acceptors (Lipinski definition) is 3. The van der Waals surface area contributed by atoms with Crippen LogP contribution in [0.15, 0.2) is 0 Å². The van der Waals surface area contributed by atoms with E-state index in [2.05, 4.69) is 12.6 Å². The summed E-state index contributed by atoms with van der Waals surface area (Å²) in [6, 6.07) is 0. The van der Waals surface area contributed by atoms with Gasteiger partial charge in [0.15, 0.2) is 0 Å². The number of nitrogens with zero attached hydrogens (tertiary/aromatic N) is 1. The Kier molecular flexibility index (Phi) is 72.9. The molecule has 0 bridgehead atoms. The van der Waals surface area contributed by atoms with Crippen LogP contribution in [0.2, 0.25) is 0 Å². The molecule has 0 fully saturated rings. The van der Waals surface area contributed by atoms with Gasteiger partial charge in [0.2, 0.25) is 0 Å². The van der Waals surface area contributed by atoms with E-state index >= 15 is 0 Å². The third-order valence-electron chi connectivity index (χ3n) is 0. The van der Waals surface area contributed by atoms with Crippen LogP contribution >= 0.6 is 12.6 Å². The first kappa shape index (κ1) is 17.0. The number of thiol groups is 1. The fraction of sp³-hybridized carbons (Fsp3) is 0. The fourth-order valence-corrected chi connectivity index (χ4v) is 0. The van der Waals surface area contributed by atoms with Crippen molar-refractivity contribution >= 4 is 42.2 Å². The summed E-state index contributed by atoms with van der Waals surface area (Å²) >= 11 is 3.09. The topological polar surface area (TPSA) is 58.8 Å². The van der Waals surface area contributed by atoms with Crippen molar-refractivity contribution < 1.29 is 0 Å². The van der Waals surface area contributed by atoms with Crippen molar-refractivity contribution in [2.45, 2.75) is 0 Å². The molecule has 0 aromatic heterocycles. The molecule has 0 aliphatic carbocycles. The molecule has 0 aliphatic heterocycles. The Morgan fingerprint density at radius 2 is 1.60 bits per heavy atom. The molecule has 0 unspecified atom stereocenters. The second kappa shape index (κ2) is 21.4. The molecule has 0 saturated carbocycles. The molecule has 0 spiro atoms. The van der Waals surface area contributed by atoms with E-state index in [1.165, 1.54) is 5.40 Å². The van der Waals surface area contributed by atoms with Gasteiger partial charge < -0.3 is 6.15 Å². The van der Waals surface area contributed by atoms with Gasteiger partial charge in [0, 0.05) is 0 Å². The Hall–Kier alpha value is 0.800. The first-order chi connectivity index (χ1) is 1.41. The van der Waals surface area contributed by atoms with Gasteiger partial charge in [-0.3, -0.25) is 0 Å². The van der Waals surface area contributed by atoms with E-state index in [9.17, 15) is 0 Å². The van der Waals surface area contributed by atoms with Crippen LogP contribution in [0.25, 0.3) is 0 Å². The molecule has 0 aromatic rings. The van der Waals surface area contributed by atoms with Crippen LogP contribution in [0, 0.1) is 10.7 Å². The van der Waals surface area contributed by atoms with Gasteiger partial charge in [-0.1, -0.05) is 12.6 Å². The van der Waals surface area contributed by atoms with Gasteiger partial charge in [-0.15, -0.1) is 0 Å². The molecule has 4 heteroatoms. The summed E-state index contributed by atoms with van der Waals surface area (Å²) in [5, 5.41) is 8.63. The summed E-state index contributed by atoms with van der Waals surface area (Å²) < 4.78 is 0. The van der Waals surface area contributed by atoms with Gasteiger partial charge in [-0.2, -0.15) is 5.26 Å². The van der Waals surface area contributed by atoms with Crippen LogP contribution in [0.3, 0.4) is 0 Å². The SMILES string of the molecule is N.N#CS.[NaH]. The van der Waals surface area contributed by atoms with Gasteiger partial charge in [-0.05, 0) is 0 Å². The molecule has 0 aliphatic rings. The van der Waals surface area contributed by atoms with Crippen molar-refractivity contribution in [2.24, 2.45) is 0 Å². The Balaban J connectivity index is -0.0000000200. The Labute approximate surface area is 58.8 Å². The van der Waals surface area contributed by atoms with Gasteiger partial charge >= 0.3 is 29.6 Å². The molecular formula is CH5N2NaS. The molecule has 2 nitrogen and oxygen atoms in total. The summed E-state index contributed by atoms with van der Waals surface area (Å²) in [5.41, 5.74) is 0. The molecule has 26 valence electrons. The zero-order valence-corrected chi connectivity index (χ0v) is 3.00. The standard InChI is InChI=1S/CHNS.H3N.Na.H/c2-1-3;;;/h3H;1H3;;. The quantitative estimate of drug-likeness (QED) is 0.254. The Morgan fingerprint density at radius 3 is 1.60 bits per heavy atom. The van der Waals surface area contributed by atoms with E-state index in [-0.39, 0.29) is 35.7 Å². The first-order valence-electron chi connectivity index (χ1n) is 0.447. The third kappa shape index (κ3) is 58.8. The molecule has 5 heavy (non-hydrogen) atoms. The average Bonchev–Trinajstić information content (AvgIpc) is 0.918. The third-order valence-corrected chi connectivity index (χ3v) is 0. The van der Waals surface area contributed by atoms with Crippen molar-refractivity contribution in [3.05, 3.63) is 0 Å². The molecule has 0 saturated heterocycles. The maximum absolute atomic E-state index is 7.18. The van der Waals surface area contributed by atoms with E-state index in [1.807, 2.05) is 0 Å². The van der Waals surface area contributed by atoms with E-state index in [0.29, 0.717) is 0 Å². The van der Waals surface area contributed by atoms with Crippen LogP contribution in [0.1, 0.15) is 0 Å². The van der Waals surface area contributed by atoms with E-state index in [0.717, 1.165) is 0 Å². The predicted molar refractivity (Wildman–Crippen MR) is 26.8 cm³/mol. The van der Waals surface area contributed by atoms with Crippen LogP contribution < -0.4 is 6.15 Å². The maximum atomic E-state index is 7.18. The Morgan fingerprint density at radius 1 is 1.60 bits per heavy atom. The number of rotatable bonds is 0. The fourth-order valence-electron chi connectivity index (χ4n) is 0. The minimum atomic E-state index is 0. The second-order valence-electron chi connectivity index (χ2n) is 0.100. The molecule has 0 amide bonds. The van der Waals surface area contributed by atoms with E-state index < -0.39 is 0 Å². The van der Waals surface area contributed by atoms with Crippen molar-refractivity contribution in [3.8, 4) is 5.40 Å². The van der Waals surface area contributed by atoms with Gasteiger partial charge in [0.25, 0.3) is 0 Å². The molecule has 0 rings (SSSR count). The summed E-state index contributed by atoms with van der Waals surface area (Å²) in [7, 11) is 0. The molecule has 3 N–H and O–H groups in total. The van der Waals surface area contributed by atoms with Crippen molar-refractivity contribution in [3.63, 3.8) is 0 Å². The monoisotopic (exact) mass is 100 g/mol. The molecule has 0 atom stereocenters. The zero-order chi connectivity index (χ0) is 2.71. The number of hydrogen-bond donors (Lipinski definition) is 2. The van der Waals surface area contributed by atoms with Crippen LogP contribution in [0.4, 0.5) is 0 Å². The van der Waals surface area contributed by atoms with Crippen LogP contribution in [-0.2, 0) is 0 Å². The van der Waals surface area contributed by atoms with Crippen molar-refractivity contribution in [1.82, 2.24) is 6.15 Å². The van der Waals surface area contributed by atoms with Crippen LogP contribution in [0.5, 0.6) is 0 Å². The zero-order valence-electron chi connectivity index (χ0n) is 2.10. The summed E-state index contributed by atoms with van der Waals surface area (Å²) in [4.78, 5) is 0. The minimum absolute atomic E-state index is 0. The summed E-state index contributed by atoms with van der Waals surface area (Å²) in [6.07, 6.45) is 0. The van der Waals surface area contributed by atoms with Crippen LogP contribution in [-0.4, -0.2) is 29.6 Å². The molecule has 0 aromatic carbocycles. The Bertz CT molecular complexity index is 31.1. The number of nitriles is 1. The molecular weight excluding hydrogens is 95.1 g/mol. The summed E-state index contributed by atoms with van der Waals surface area (Å²) in [6.45, 7) is 0. The van der Waals surface area contributed by atoms with Gasteiger partial charge in [0.1, 0.15) is 5.40 Å². The van der Waals surface area contributed by atoms with Gasteiger partial charge in [0.05, 0.1) is 0 Å². The average molecular weight is 100 g/mol.